The summed E-state index contributed by atoms with van der Waals surface area (Å²) in [5.41, 5.74) is 0.205. The van der Waals surface area contributed by atoms with Crippen LogP contribution in [-0.2, 0) is 20.9 Å². The third-order valence-electron chi connectivity index (χ3n) is 4.99. The van der Waals surface area contributed by atoms with E-state index in [4.69, 9.17) is 9.15 Å². The Morgan fingerprint density at radius 1 is 1.33 bits per heavy atom. The van der Waals surface area contributed by atoms with Crippen molar-refractivity contribution in [2.24, 2.45) is 5.92 Å². The number of piperidine rings is 1. The van der Waals surface area contributed by atoms with Gasteiger partial charge in [0.15, 0.2) is 0 Å². The quantitative estimate of drug-likeness (QED) is 0.607. The van der Waals surface area contributed by atoms with E-state index in [1.165, 1.54) is 29.8 Å². The molecule has 1 aliphatic rings. The normalized spacial score (nSPS) is 16.2. The first-order chi connectivity index (χ1) is 14.6. The third-order valence-corrected chi connectivity index (χ3v) is 4.99. The molecule has 9 heteroatoms. The molecule has 0 saturated carbocycles. The first-order valence-electron chi connectivity index (χ1n) is 10.1. The molecule has 0 N–H and O–H groups in total. The largest absolute Gasteiger partial charge is 0.467 e. The molecule has 1 fully saturated rings. The summed E-state index contributed by atoms with van der Waals surface area (Å²) in [5, 5.41) is 0. The molecule has 0 aromatic carbocycles. The highest BCUT2D eigenvalue weighted by molar-refractivity contribution is 5.92. The summed E-state index contributed by atoms with van der Waals surface area (Å²) < 4.78 is 10.5. The maximum absolute atomic E-state index is 12.9. The molecule has 0 radical (unpaired) electrons. The van der Waals surface area contributed by atoms with Gasteiger partial charge >= 0.3 is 5.97 Å². The number of rotatable bonds is 8. The molecule has 0 aliphatic carbocycles. The van der Waals surface area contributed by atoms with Gasteiger partial charge in [-0.25, -0.2) is 4.98 Å². The lowest BCUT2D eigenvalue weighted by Crippen LogP contribution is -2.44. The Morgan fingerprint density at radius 3 is 2.90 bits per heavy atom. The van der Waals surface area contributed by atoms with Crippen molar-refractivity contribution >= 4 is 17.8 Å². The van der Waals surface area contributed by atoms with Gasteiger partial charge in [0.05, 0.1) is 31.5 Å². The number of ether oxygens (including phenoxy) is 1. The number of esters is 1. The van der Waals surface area contributed by atoms with E-state index in [-0.39, 0.29) is 48.9 Å². The summed E-state index contributed by atoms with van der Waals surface area (Å²) in [6.45, 7) is 3.48. The van der Waals surface area contributed by atoms with E-state index in [0.717, 1.165) is 12.8 Å². The van der Waals surface area contributed by atoms with Gasteiger partial charge in [-0.2, -0.15) is 0 Å². The first kappa shape index (κ1) is 21.5. The van der Waals surface area contributed by atoms with Gasteiger partial charge in [-0.05, 0) is 31.9 Å². The van der Waals surface area contributed by atoms with Crippen LogP contribution in [0.3, 0.4) is 0 Å². The van der Waals surface area contributed by atoms with Crippen LogP contribution in [0.15, 0.2) is 41.4 Å². The fourth-order valence-corrected chi connectivity index (χ4v) is 3.46. The zero-order valence-electron chi connectivity index (χ0n) is 17.0. The molecule has 0 unspecified atom stereocenters. The van der Waals surface area contributed by atoms with Crippen LogP contribution in [-0.4, -0.2) is 63.8 Å². The Hall–Kier alpha value is -3.23. The number of carbonyl (C=O) groups excluding carboxylic acids is 3. The van der Waals surface area contributed by atoms with E-state index in [2.05, 4.69) is 9.97 Å². The van der Waals surface area contributed by atoms with Crippen molar-refractivity contribution in [3.05, 3.63) is 48.4 Å². The second-order valence-electron chi connectivity index (χ2n) is 7.08. The molecule has 0 spiro atoms. The monoisotopic (exact) mass is 414 g/mol. The number of furan rings is 1. The summed E-state index contributed by atoms with van der Waals surface area (Å²) in [5.74, 6) is -0.355. The molecule has 30 heavy (non-hydrogen) atoms. The third kappa shape index (κ3) is 5.65. The van der Waals surface area contributed by atoms with Gasteiger partial charge in [0.25, 0.3) is 5.91 Å². The van der Waals surface area contributed by atoms with Crippen molar-refractivity contribution < 1.29 is 23.5 Å². The van der Waals surface area contributed by atoms with Crippen molar-refractivity contribution in [1.82, 2.24) is 19.8 Å². The van der Waals surface area contributed by atoms with E-state index < -0.39 is 0 Å². The molecule has 160 valence electrons. The van der Waals surface area contributed by atoms with Crippen LogP contribution in [0.25, 0.3) is 0 Å². The van der Waals surface area contributed by atoms with Crippen molar-refractivity contribution in [2.45, 2.75) is 32.7 Å². The number of nitrogens with zero attached hydrogens (tertiary/aromatic N) is 4. The average molecular weight is 414 g/mol. The lowest BCUT2D eigenvalue weighted by Gasteiger charge is -2.32. The Bertz CT molecular complexity index is 840. The molecule has 3 rings (SSSR count). The molecule has 3 heterocycles. The Labute approximate surface area is 175 Å². The molecule has 1 atom stereocenters. The minimum atomic E-state index is -0.324. The van der Waals surface area contributed by atoms with Crippen molar-refractivity contribution in [3.8, 4) is 0 Å². The zero-order chi connectivity index (χ0) is 21.3. The number of carbonyl (C=O) groups is 3. The summed E-state index contributed by atoms with van der Waals surface area (Å²) in [6, 6.07) is 3.52. The van der Waals surface area contributed by atoms with Crippen LogP contribution in [0.2, 0.25) is 0 Å². The lowest BCUT2D eigenvalue weighted by molar-refractivity contribution is -0.151. The lowest BCUT2D eigenvalue weighted by atomic mass is 9.98. The standard InChI is InChI=1S/C21H26N4O5/c1-2-29-21(28)16-5-3-10-24(14-16)19(26)7-11-25(15-17-6-4-12-30-17)20(27)18-13-22-8-9-23-18/h4,6,8-9,12-13,16H,2-3,5,7,10-11,14-15H2,1H3/t16-/m1/s1. The maximum Gasteiger partial charge on any atom is 0.310 e. The molecule has 0 bridgehead atoms. The van der Waals surface area contributed by atoms with E-state index in [0.29, 0.717) is 25.5 Å². The fraction of sp³-hybridized carbons (Fsp3) is 0.476. The highest BCUT2D eigenvalue weighted by Crippen LogP contribution is 2.19. The van der Waals surface area contributed by atoms with E-state index in [9.17, 15) is 14.4 Å². The smallest absolute Gasteiger partial charge is 0.310 e. The minimum absolute atomic E-state index is 0.0969. The van der Waals surface area contributed by atoms with Crippen molar-refractivity contribution in [2.75, 3.05) is 26.2 Å². The highest BCUT2D eigenvalue weighted by Gasteiger charge is 2.30. The molecule has 2 amide bonds. The molecule has 1 aliphatic heterocycles. The predicted octanol–water partition coefficient (Wildman–Crippen LogP) is 1.90. The Balaban J connectivity index is 1.62. The van der Waals surface area contributed by atoms with Crippen molar-refractivity contribution in [3.63, 3.8) is 0 Å². The molecule has 9 nitrogen and oxygen atoms in total. The molecule has 1 saturated heterocycles. The summed E-state index contributed by atoms with van der Waals surface area (Å²) >= 11 is 0. The predicted molar refractivity (Wildman–Crippen MR) is 106 cm³/mol. The Kier molecular flexibility index (Phi) is 7.53. The van der Waals surface area contributed by atoms with Gasteiger partial charge in [-0.3, -0.25) is 19.4 Å². The van der Waals surface area contributed by atoms with E-state index in [1.54, 1.807) is 24.0 Å². The molecule has 2 aromatic heterocycles. The molecular formula is C21H26N4O5. The van der Waals surface area contributed by atoms with Gasteiger partial charge in [0.2, 0.25) is 5.91 Å². The van der Waals surface area contributed by atoms with Crippen LogP contribution in [0.5, 0.6) is 0 Å². The molecular weight excluding hydrogens is 388 g/mol. The number of amides is 2. The van der Waals surface area contributed by atoms with Crippen LogP contribution in [0, 0.1) is 5.92 Å². The number of hydrogen-bond donors (Lipinski definition) is 0. The van der Waals surface area contributed by atoms with Gasteiger partial charge < -0.3 is 19.0 Å². The number of aromatic nitrogens is 2. The Morgan fingerprint density at radius 2 is 2.20 bits per heavy atom. The SMILES string of the molecule is CCOC(=O)[C@@H]1CCCN(C(=O)CCN(Cc2ccco2)C(=O)c2cnccn2)C1. The first-order valence-corrected chi connectivity index (χ1v) is 10.1. The van der Waals surface area contributed by atoms with Gasteiger partial charge in [0.1, 0.15) is 11.5 Å². The van der Waals surface area contributed by atoms with Crippen molar-refractivity contribution in [1.29, 1.82) is 0 Å². The fourth-order valence-electron chi connectivity index (χ4n) is 3.46. The topological polar surface area (TPSA) is 106 Å². The van der Waals surface area contributed by atoms with Gasteiger partial charge in [-0.1, -0.05) is 0 Å². The van der Waals surface area contributed by atoms with Crippen LogP contribution in [0.4, 0.5) is 0 Å². The zero-order valence-corrected chi connectivity index (χ0v) is 17.0. The van der Waals surface area contributed by atoms with Crippen LogP contribution < -0.4 is 0 Å². The summed E-state index contributed by atoms with van der Waals surface area (Å²) in [6.07, 6.45) is 7.49. The highest BCUT2D eigenvalue weighted by atomic mass is 16.5. The number of likely N-dealkylation sites (tertiary alicyclic amines) is 1. The van der Waals surface area contributed by atoms with Gasteiger partial charge in [-0.15, -0.1) is 0 Å². The van der Waals surface area contributed by atoms with Crippen LogP contribution >= 0.6 is 0 Å². The number of hydrogen-bond acceptors (Lipinski definition) is 7. The van der Waals surface area contributed by atoms with E-state index >= 15 is 0 Å². The summed E-state index contributed by atoms with van der Waals surface area (Å²) in [7, 11) is 0. The second-order valence-corrected chi connectivity index (χ2v) is 7.08. The summed E-state index contributed by atoms with van der Waals surface area (Å²) in [4.78, 5) is 48.9. The van der Waals surface area contributed by atoms with Gasteiger partial charge in [0, 0.05) is 38.4 Å². The maximum atomic E-state index is 12.9. The van der Waals surface area contributed by atoms with E-state index in [1.807, 2.05) is 0 Å². The second kappa shape index (κ2) is 10.5. The average Bonchev–Trinajstić information content (AvgIpc) is 3.30. The molecule has 2 aromatic rings. The van der Waals surface area contributed by atoms with Crippen LogP contribution in [0.1, 0.15) is 42.4 Å². The minimum Gasteiger partial charge on any atom is -0.467 e.